The van der Waals surface area contributed by atoms with E-state index in [1.54, 1.807) is 60.7 Å². The first-order valence-electron chi connectivity index (χ1n) is 11.1. The van der Waals surface area contributed by atoms with Crippen molar-refractivity contribution in [3.05, 3.63) is 137 Å². The summed E-state index contributed by atoms with van der Waals surface area (Å²) in [5.74, 6) is -0.642. The molecule has 6 nitrogen and oxygen atoms in total. The van der Waals surface area contributed by atoms with Crippen LogP contribution in [0, 0.1) is 13.8 Å². The van der Waals surface area contributed by atoms with Crippen LogP contribution >= 0.6 is 34.8 Å². The minimum Gasteiger partial charge on any atom is -0.295 e. The number of hydrogen-bond donors (Lipinski definition) is 2. The second-order valence-electron chi connectivity index (χ2n) is 8.52. The Balaban J connectivity index is 1.75. The van der Waals surface area contributed by atoms with E-state index in [9.17, 15) is 9.59 Å². The number of aromatic amines is 2. The topological polar surface area (TPSA) is 75.6 Å². The summed E-state index contributed by atoms with van der Waals surface area (Å²) in [5.41, 5.74) is 3.76. The summed E-state index contributed by atoms with van der Waals surface area (Å²) in [6.45, 7) is 3.65. The smallest absolute Gasteiger partial charge is 0.275 e. The van der Waals surface area contributed by atoms with Crippen LogP contribution in [0.15, 0.2) is 82.4 Å². The summed E-state index contributed by atoms with van der Waals surface area (Å²) in [7, 11) is 0. The largest absolute Gasteiger partial charge is 0.295 e. The molecule has 0 aliphatic heterocycles. The van der Waals surface area contributed by atoms with Crippen LogP contribution in [0.5, 0.6) is 0 Å². The molecular weight excluding hydrogens is 519 g/mol. The van der Waals surface area contributed by atoms with Crippen LogP contribution in [0.4, 0.5) is 0 Å². The first-order chi connectivity index (χ1) is 17.2. The summed E-state index contributed by atoms with van der Waals surface area (Å²) in [4.78, 5) is 27.6. The average Bonchev–Trinajstić information content (AvgIpc) is 3.32. The van der Waals surface area contributed by atoms with Gasteiger partial charge in [0.2, 0.25) is 0 Å². The number of rotatable bonds is 5. The molecule has 3 aromatic carbocycles. The number of H-pyrrole nitrogens is 2. The maximum Gasteiger partial charge on any atom is 0.275 e. The lowest BCUT2D eigenvalue weighted by molar-refractivity contribution is 0.830. The van der Waals surface area contributed by atoms with Crippen molar-refractivity contribution >= 4 is 34.8 Å². The standard InChI is InChI=1S/C27H21Cl3N4O2/c1-15-23(26(35)33(31-15)21-11-7-19(29)8-12-21)25(17-3-5-18(28)6-4-17)24-16(2)32-34(27(24)36)22-13-9-20(30)10-14-22/h3-14,25,31-32H,1-2H3. The lowest BCUT2D eigenvalue weighted by Gasteiger charge is -2.16. The van der Waals surface area contributed by atoms with E-state index in [2.05, 4.69) is 10.2 Å². The zero-order valence-corrected chi connectivity index (χ0v) is 21.6. The number of aromatic nitrogens is 4. The van der Waals surface area contributed by atoms with E-state index >= 15 is 0 Å². The van der Waals surface area contributed by atoms with Gasteiger partial charge in [0.15, 0.2) is 0 Å². The molecule has 0 spiro atoms. The maximum atomic E-state index is 13.8. The van der Waals surface area contributed by atoms with Gasteiger partial charge in [-0.1, -0.05) is 46.9 Å². The van der Waals surface area contributed by atoms with Crippen LogP contribution in [0.1, 0.15) is 34.0 Å². The summed E-state index contributed by atoms with van der Waals surface area (Å²) < 4.78 is 2.92. The fourth-order valence-corrected chi connectivity index (χ4v) is 4.85. The normalized spacial score (nSPS) is 11.4. The van der Waals surface area contributed by atoms with Crippen LogP contribution in [-0.4, -0.2) is 19.6 Å². The molecule has 0 aliphatic carbocycles. The van der Waals surface area contributed by atoms with E-state index in [0.717, 1.165) is 5.56 Å². The van der Waals surface area contributed by atoms with Gasteiger partial charge < -0.3 is 0 Å². The van der Waals surface area contributed by atoms with Gasteiger partial charge in [0.25, 0.3) is 11.1 Å². The molecule has 9 heteroatoms. The van der Waals surface area contributed by atoms with Gasteiger partial charge in [-0.3, -0.25) is 19.8 Å². The molecule has 0 saturated heterocycles. The van der Waals surface area contributed by atoms with Gasteiger partial charge in [-0.05, 0) is 80.1 Å². The first kappa shape index (κ1) is 24.3. The highest BCUT2D eigenvalue weighted by Gasteiger charge is 2.30. The fraction of sp³-hybridized carbons (Fsp3) is 0.111. The molecule has 0 saturated carbocycles. The molecule has 0 amide bonds. The van der Waals surface area contributed by atoms with Gasteiger partial charge in [0.05, 0.1) is 22.5 Å². The van der Waals surface area contributed by atoms with Crippen LogP contribution in [0.2, 0.25) is 15.1 Å². The van der Waals surface area contributed by atoms with Crippen LogP contribution in [0.25, 0.3) is 11.4 Å². The molecule has 0 unspecified atom stereocenters. The van der Waals surface area contributed by atoms with Crippen molar-refractivity contribution in [3.8, 4) is 11.4 Å². The van der Waals surface area contributed by atoms with E-state index in [0.29, 0.717) is 49.0 Å². The zero-order valence-electron chi connectivity index (χ0n) is 19.4. The van der Waals surface area contributed by atoms with Crippen LogP contribution < -0.4 is 11.1 Å². The lowest BCUT2D eigenvalue weighted by Crippen LogP contribution is -2.25. The summed E-state index contributed by atoms with van der Waals surface area (Å²) in [6, 6.07) is 21.1. The number of benzene rings is 3. The number of nitrogens with zero attached hydrogens (tertiary/aromatic N) is 2. The molecule has 0 aliphatic rings. The third-order valence-electron chi connectivity index (χ3n) is 6.18. The number of aryl methyl sites for hydroxylation is 2. The quantitative estimate of drug-likeness (QED) is 0.271. The van der Waals surface area contributed by atoms with Crippen molar-refractivity contribution in [1.29, 1.82) is 0 Å². The Morgan fingerprint density at radius 1 is 0.583 bits per heavy atom. The molecule has 2 aromatic heterocycles. The maximum absolute atomic E-state index is 13.8. The van der Waals surface area contributed by atoms with Gasteiger partial charge >= 0.3 is 0 Å². The second-order valence-corrected chi connectivity index (χ2v) is 9.83. The van der Waals surface area contributed by atoms with Gasteiger partial charge in [-0.25, -0.2) is 9.36 Å². The van der Waals surface area contributed by atoms with Gasteiger partial charge in [0, 0.05) is 32.4 Å². The minimum atomic E-state index is -0.642. The Hall–Kier alpha value is -3.45. The molecule has 0 atom stereocenters. The molecule has 36 heavy (non-hydrogen) atoms. The molecule has 0 fully saturated rings. The SMILES string of the molecule is Cc1[nH]n(-c2ccc(Cl)cc2)c(=O)c1C(c1ccc(Cl)cc1)c1c(C)[nH]n(-c2ccc(Cl)cc2)c1=O. The van der Waals surface area contributed by atoms with Crippen molar-refractivity contribution in [1.82, 2.24) is 19.6 Å². The number of nitrogens with one attached hydrogen (secondary N) is 2. The molecular formula is C27H21Cl3N4O2. The van der Waals surface area contributed by atoms with Crippen LogP contribution in [0.3, 0.4) is 0 Å². The summed E-state index contributed by atoms with van der Waals surface area (Å²) >= 11 is 18.2. The van der Waals surface area contributed by atoms with Crippen molar-refractivity contribution in [2.24, 2.45) is 0 Å². The van der Waals surface area contributed by atoms with E-state index in [4.69, 9.17) is 34.8 Å². The van der Waals surface area contributed by atoms with E-state index in [1.807, 2.05) is 26.0 Å². The predicted octanol–water partition coefficient (Wildman–Crippen LogP) is 6.40. The highest BCUT2D eigenvalue weighted by molar-refractivity contribution is 6.31. The highest BCUT2D eigenvalue weighted by Crippen LogP contribution is 2.33. The van der Waals surface area contributed by atoms with Crippen molar-refractivity contribution in [2.75, 3.05) is 0 Å². The fourth-order valence-electron chi connectivity index (χ4n) is 4.48. The third kappa shape index (κ3) is 4.32. The Morgan fingerprint density at radius 3 is 1.28 bits per heavy atom. The van der Waals surface area contributed by atoms with Crippen LogP contribution in [-0.2, 0) is 0 Å². The average molecular weight is 540 g/mol. The Bertz CT molecular complexity index is 1560. The van der Waals surface area contributed by atoms with Gasteiger partial charge in [0.1, 0.15) is 0 Å². The Labute approximate surface area is 221 Å². The molecule has 182 valence electrons. The Kier molecular flexibility index (Phi) is 6.43. The van der Waals surface area contributed by atoms with Gasteiger partial charge in [-0.15, -0.1) is 0 Å². The van der Waals surface area contributed by atoms with E-state index in [-0.39, 0.29) is 11.1 Å². The minimum absolute atomic E-state index is 0.257. The Morgan fingerprint density at radius 2 is 0.917 bits per heavy atom. The molecule has 2 N–H and O–H groups in total. The molecule has 5 rings (SSSR count). The molecule has 5 aromatic rings. The van der Waals surface area contributed by atoms with E-state index < -0.39 is 5.92 Å². The van der Waals surface area contributed by atoms with Gasteiger partial charge in [-0.2, -0.15) is 0 Å². The number of halogens is 3. The molecule has 0 radical (unpaired) electrons. The van der Waals surface area contributed by atoms with Crippen molar-refractivity contribution < 1.29 is 0 Å². The van der Waals surface area contributed by atoms with E-state index in [1.165, 1.54) is 9.36 Å². The summed E-state index contributed by atoms with van der Waals surface area (Å²) in [6.07, 6.45) is 0. The lowest BCUT2D eigenvalue weighted by atomic mass is 9.85. The third-order valence-corrected chi connectivity index (χ3v) is 6.94. The second kappa shape index (κ2) is 9.54. The van der Waals surface area contributed by atoms with Crippen molar-refractivity contribution in [2.45, 2.75) is 19.8 Å². The monoisotopic (exact) mass is 538 g/mol. The molecule has 2 heterocycles. The first-order valence-corrected chi connectivity index (χ1v) is 12.3. The predicted molar refractivity (Wildman–Crippen MR) is 145 cm³/mol. The highest BCUT2D eigenvalue weighted by atomic mass is 35.5. The van der Waals surface area contributed by atoms with Crippen molar-refractivity contribution in [3.63, 3.8) is 0 Å². The number of hydrogen-bond acceptors (Lipinski definition) is 2. The zero-order chi connectivity index (χ0) is 25.6. The summed E-state index contributed by atoms with van der Waals surface area (Å²) in [5, 5.41) is 8.03. The molecule has 0 bridgehead atoms.